The van der Waals surface area contributed by atoms with E-state index in [0.29, 0.717) is 12.1 Å². The van der Waals surface area contributed by atoms with E-state index in [4.69, 9.17) is 0 Å². The van der Waals surface area contributed by atoms with Crippen molar-refractivity contribution in [3.63, 3.8) is 0 Å². The summed E-state index contributed by atoms with van der Waals surface area (Å²) in [5.41, 5.74) is 5.39. The minimum atomic E-state index is 0.495. The normalized spacial score (nSPS) is 18.9. The van der Waals surface area contributed by atoms with Crippen LogP contribution in [0.2, 0.25) is 0 Å². The molecule has 0 radical (unpaired) electrons. The van der Waals surface area contributed by atoms with Gasteiger partial charge in [-0.05, 0) is 57.4 Å². The monoisotopic (exact) mass is 204 g/mol. The van der Waals surface area contributed by atoms with Crippen molar-refractivity contribution >= 4 is 11.4 Å². The standard InChI is InChI=1S/C13H20N2/c1-8(2)14-12-5-9(3)13-11(7-12)6-10(4)15-13/h5,7-8,10,14-15H,6H2,1-4H3. The topological polar surface area (TPSA) is 24.1 Å². The Labute approximate surface area is 92.1 Å². The third kappa shape index (κ3) is 2.09. The number of hydrogen-bond donors (Lipinski definition) is 2. The minimum absolute atomic E-state index is 0.495. The van der Waals surface area contributed by atoms with Crippen molar-refractivity contribution < 1.29 is 0 Å². The van der Waals surface area contributed by atoms with E-state index >= 15 is 0 Å². The number of rotatable bonds is 2. The average Bonchev–Trinajstić information content (AvgIpc) is 2.44. The summed E-state index contributed by atoms with van der Waals surface area (Å²) >= 11 is 0. The first-order valence-corrected chi connectivity index (χ1v) is 5.73. The van der Waals surface area contributed by atoms with E-state index in [-0.39, 0.29) is 0 Å². The molecule has 1 atom stereocenters. The predicted octanol–water partition coefficient (Wildman–Crippen LogP) is 3.17. The average molecular weight is 204 g/mol. The van der Waals surface area contributed by atoms with Crippen LogP contribution in [0.4, 0.5) is 11.4 Å². The van der Waals surface area contributed by atoms with Gasteiger partial charge in [-0.2, -0.15) is 0 Å². The molecule has 0 aromatic heterocycles. The molecule has 2 N–H and O–H groups in total. The number of aryl methyl sites for hydroxylation is 1. The molecule has 0 fully saturated rings. The van der Waals surface area contributed by atoms with Gasteiger partial charge in [-0.25, -0.2) is 0 Å². The van der Waals surface area contributed by atoms with Crippen molar-refractivity contribution in [3.05, 3.63) is 23.3 Å². The van der Waals surface area contributed by atoms with Gasteiger partial charge in [-0.1, -0.05) is 0 Å². The molecule has 1 aromatic carbocycles. The molecule has 2 nitrogen and oxygen atoms in total. The van der Waals surface area contributed by atoms with Gasteiger partial charge < -0.3 is 10.6 Å². The Kier molecular flexibility index (Phi) is 2.59. The fourth-order valence-electron chi connectivity index (χ4n) is 2.27. The molecular weight excluding hydrogens is 184 g/mol. The third-order valence-corrected chi connectivity index (χ3v) is 2.79. The Hall–Kier alpha value is -1.18. The molecule has 2 heteroatoms. The molecule has 0 spiro atoms. The minimum Gasteiger partial charge on any atom is -0.383 e. The molecule has 1 heterocycles. The molecule has 1 aromatic rings. The highest BCUT2D eigenvalue weighted by Crippen LogP contribution is 2.32. The largest absolute Gasteiger partial charge is 0.383 e. The summed E-state index contributed by atoms with van der Waals surface area (Å²) in [6, 6.07) is 5.57. The molecule has 1 unspecified atom stereocenters. The maximum Gasteiger partial charge on any atom is 0.0406 e. The van der Waals surface area contributed by atoms with Gasteiger partial charge >= 0.3 is 0 Å². The van der Waals surface area contributed by atoms with Gasteiger partial charge in [-0.15, -0.1) is 0 Å². The van der Waals surface area contributed by atoms with Crippen LogP contribution in [-0.2, 0) is 6.42 Å². The smallest absolute Gasteiger partial charge is 0.0406 e. The van der Waals surface area contributed by atoms with Gasteiger partial charge in [0.05, 0.1) is 0 Å². The zero-order valence-corrected chi connectivity index (χ0v) is 10.0. The molecule has 0 amide bonds. The number of hydrogen-bond acceptors (Lipinski definition) is 2. The number of anilines is 2. The summed E-state index contributed by atoms with van der Waals surface area (Å²) in [6.45, 7) is 8.75. The first-order valence-electron chi connectivity index (χ1n) is 5.73. The fourth-order valence-corrected chi connectivity index (χ4v) is 2.27. The van der Waals surface area contributed by atoms with Crippen LogP contribution in [0, 0.1) is 6.92 Å². The van der Waals surface area contributed by atoms with Crippen molar-refractivity contribution in [1.29, 1.82) is 0 Å². The summed E-state index contributed by atoms with van der Waals surface area (Å²) in [7, 11) is 0. The predicted molar refractivity (Wildman–Crippen MR) is 66.7 cm³/mol. The Bertz CT molecular complexity index is 369. The second-order valence-corrected chi connectivity index (χ2v) is 4.88. The molecule has 0 saturated carbocycles. The van der Waals surface area contributed by atoms with E-state index in [0.717, 1.165) is 6.42 Å². The van der Waals surface area contributed by atoms with E-state index in [9.17, 15) is 0 Å². The third-order valence-electron chi connectivity index (χ3n) is 2.79. The molecule has 82 valence electrons. The van der Waals surface area contributed by atoms with Crippen LogP contribution < -0.4 is 10.6 Å². The van der Waals surface area contributed by atoms with Crippen LogP contribution in [0.1, 0.15) is 31.9 Å². The second-order valence-electron chi connectivity index (χ2n) is 4.88. The van der Waals surface area contributed by atoms with Crippen LogP contribution in [-0.4, -0.2) is 12.1 Å². The maximum atomic E-state index is 3.52. The second kappa shape index (κ2) is 3.76. The Morgan fingerprint density at radius 2 is 2.13 bits per heavy atom. The molecule has 0 aliphatic carbocycles. The van der Waals surface area contributed by atoms with Crippen LogP contribution in [0.3, 0.4) is 0 Å². The van der Waals surface area contributed by atoms with E-state index in [2.05, 4.69) is 50.5 Å². The highest BCUT2D eigenvalue weighted by Gasteiger charge is 2.19. The number of fused-ring (bicyclic) bond motifs is 1. The van der Waals surface area contributed by atoms with Gasteiger partial charge in [-0.3, -0.25) is 0 Å². The summed E-state index contributed by atoms with van der Waals surface area (Å²) in [4.78, 5) is 0. The Balaban J connectivity index is 2.31. The van der Waals surface area contributed by atoms with Crippen molar-refractivity contribution in [2.24, 2.45) is 0 Å². The van der Waals surface area contributed by atoms with E-state index < -0.39 is 0 Å². The molecule has 2 rings (SSSR count). The highest BCUT2D eigenvalue weighted by atomic mass is 15.0. The van der Waals surface area contributed by atoms with E-state index in [1.54, 1.807) is 0 Å². The quantitative estimate of drug-likeness (QED) is 0.773. The highest BCUT2D eigenvalue weighted by molar-refractivity contribution is 5.68. The van der Waals surface area contributed by atoms with Crippen LogP contribution in [0.15, 0.2) is 12.1 Å². The first kappa shape index (κ1) is 10.3. The molecular formula is C13H20N2. The number of benzene rings is 1. The lowest BCUT2D eigenvalue weighted by Crippen LogP contribution is -2.10. The van der Waals surface area contributed by atoms with Crippen molar-refractivity contribution in [2.45, 2.75) is 46.2 Å². The lowest BCUT2D eigenvalue weighted by Gasteiger charge is -2.13. The SMILES string of the molecule is Cc1cc(NC(C)C)cc2c1NC(C)C2. The summed E-state index contributed by atoms with van der Waals surface area (Å²) in [6.07, 6.45) is 1.14. The van der Waals surface area contributed by atoms with Crippen LogP contribution >= 0.6 is 0 Å². The first-order chi connectivity index (χ1) is 7.06. The van der Waals surface area contributed by atoms with Crippen molar-refractivity contribution in [1.82, 2.24) is 0 Å². The van der Waals surface area contributed by atoms with E-state index in [1.807, 2.05) is 0 Å². The fraction of sp³-hybridized carbons (Fsp3) is 0.538. The molecule has 0 bridgehead atoms. The van der Waals surface area contributed by atoms with Gasteiger partial charge in [0, 0.05) is 23.5 Å². The molecule has 15 heavy (non-hydrogen) atoms. The summed E-state index contributed by atoms with van der Waals surface area (Å²) in [5.74, 6) is 0. The van der Waals surface area contributed by atoms with Gasteiger partial charge in [0.2, 0.25) is 0 Å². The Morgan fingerprint density at radius 3 is 2.80 bits per heavy atom. The molecule has 1 aliphatic rings. The summed E-state index contributed by atoms with van der Waals surface area (Å²) < 4.78 is 0. The van der Waals surface area contributed by atoms with E-state index in [1.165, 1.54) is 22.5 Å². The van der Waals surface area contributed by atoms with Crippen LogP contribution in [0.5, 0.6) is 0 Å². The molecule has 1 aliphatic heterocycles. The Morgan fingerprint density at radius 1 is 1.40 bits per heavy atom. The zero-order chi connectivity index (χ0) is 11.0. The van der Waals surface area contributed by atoms with Gasteiger partial charge in [0.1, 0.15) is 0 Å². The lowest BCUT2D eigenvalue weighted by atomic mass is 10.1. The maximum absolute atomic E-state index is 3.52. The van der Waals surface area contributed by atoms with Crippen molar-refractivity contribution in [2.75, 3.05) is 10.6 Å². The van der Waals surface area contributed by atoms with Gasteiger partial charge in [0.25, 0.3) is 0 Å². The lowest BCUT2D eigenvalue weighted by molar-refractivity contribution is 0.838. The number of nitrogens with one attached hydrogen (secondary N) is 2. The van der Waals surface area contributed by atoms with Gasteiger partial charge in [0.15, 0.2) is 0 Å². The summed E-state index contributed by atoms with van der Waals surface area (Å²) in [5, 5.41) is 6.98. The zero-order valence-electron chi connectivity index (χ0n) is 10.0. The van der Waals surface area contributed by atoms with Crippen LogP contribution in [0.25, 0.3) is 0 Å². The molecule has 0 saturated heterocycles. The van der Waals surface area contributed by atoms with Crippen molar-refractivity contribution in [3.8, 4) is 0 Å².